The standard InChI is InChI=1S/C25H31N5O5S2/c1-17-6-7-20-26-22(28-11-9-27(10-12-28)13-14-31)18(23(34)30(20)16-17)15-19-24(35)29(25(36)37-19)8-4-2-3-5-21(32)33/h6-7,15-16,31H,2-5,8-14H2,1H3,(H,32,33)/b19-15+. The summed E-state index contributed by atoms with van der Waals surface area (Å²) < 4.78 is 1.94. The third-order valence-corrected chi connectivity index (χ3v) is 7.87. The first-order valence-corrected chi connectivity index (χ1v) is 13.6. The van der Waals surface area contributed by atoms with E-state index in [1.165, 1.54) is 21.1 Å². The van der Waals surface area contributed by atoms with E-state index in [-0.39, 0.29) is 24.5 Å². The maximum absolute atomic E-state index is 13.7. The summed E-state index contributed by atoms with van der Waals surface area (Å²) in [5.41, 5.74) is 1.55. The molecule has 0 aromatic carbocycles. The molecular formula is C25H31N5O5S2. The fourth-order valence-corrected chi connectivity index (χ4v) is 5.78. The number of thioether (sulfide) groups is 1. The lowest BCUT2D eigenvalue weighted by Gasteiger charge is -2.35. The highest BCUT2D eigenvalue weighted by atomic mass is 32.2. The first-order chi connectivity index (χ1) is 17.8. The summed E-state index contributed by atoms with van der Waals surface area (Å²) >= 11 is 6.62. The molecule has 2 N–H and O–H groups in total. The SMILES string of the molecule is Cc1ccc2nc(N3CCN(CCO)CC3)c(/C=C3/SC(=S)N(CCCCCC(=O)O)C3=O)c(=O)n2c1. The molecule has 0 atom stereocenters. The molecule has 0 bridgehead atoms. The molecular weight excluding hydrogens is 514 g/mol. The Balaban J connectivity index is 1.62. The molecule has 37 heavy (non-hydrogen) atoms. The van der Waals surface area contributed by atoms with Gasteiger partial charge in [0.25, 0.3) is 11.5 Å². The van der Waals surface area contributed by atoms with Crippen molar-refractivity contribution in [3.63, 3.8) is 0 Å². The topological polar surface area (TPSA) is 119 Å². The van der Waals surface area contributed by atoms with Gasteiger partial charge < -0.3 is 15.1 Å². The second-order valence-corrected chi connectivity index (χ2v) is 10.9. The Kier molecular flexibility index (Phi) is 8.95. The van der Waals surface area contributed by atoms with Crippen LogP contribution in [0.15, 0.2) is 28.0 Å². The van der Waals surface area contributed by atoms with E-state index < -0.39 is 5.97 Å². The summed E-state index contributed by atoms with van der Waals surface area (Å²) in [7, 11) is 0. The van der Waals surface area contributed by atoms with E-state index >= 15 is 0 Å². The highest BCUT2D eigenvalue weighted by Crippen LogP contribution is 2.34. The van der Waals surface area contributed by atoms with Crippen molar-refractivity contribution in [1.29, 1.82) is 0 Å². The van der Waals surface area contributed by atoms with E-state index in [0.29, 0.717) is 71.7 Å². The number of aryl methyl sites for hydroxylation is 1. The van der Waals surface area contributed by atoms with Crippen molar-refractivity contribution in [2.24, 2.45) is 0 Å². The number of piperazine rings is 1. The molecule has 2 fully saturated rings. The number of pyridine rings is 1. The Morgan fingerprint density at radius 1 is 1.14 bits per heavy atom. The Bertz CT molecular complexity index is 1290. The van der Waals surface area contributed by atoms with Crippen LogP contribution in [-0.4, -0.2) is 91.5 Å². The minimum atomic E-state index is -0.829. The molecule has 0 saturated carbocycles. The quantitative estimate of drug-likeness (QED) is 0.261. The van der Waals surface area contributed by atoms with Crippen LogP contribution in [0.5, 0.6) is 0 Å². The zero-order chi connectivity index (χ0) is 26.5. The molecule has 2 aliphatic heterocycles. The first kappa shape index (κ1) is 27.2. The average molecular weight is 546 g/mol. The van der Waals surface area contributed by atoms with Gasteiger partial charge in [0.15, 0.2) is 0 Å². The average Bonchev–Trinajstić information content (AvgIpc) is 3.13. The van der Waals surface area contributed by atoms with Gasteiger partial charge in [-0.15, -0.1) is 0 Å². The van der Waals surface area contributed by atoms with Crippen molar-refractivity contribution in [3.8, 4) is 0 Å². The number of fused-ring (bicyclic) bond motifs is 1. The van der Waals surface area contributed by atoms with Gasteiger partial charge in [0, 0.05) is 51.9 Å². The number of carbonyl (C=O) groups is 2. The third-order valence-electron chi connectivity index (χ3n) is 6.49. The fourth-order valence-electron chi connectivity index (χ4n) is 4.49. The van der Waals surface area contributed by atoms with Gasteiger partial charge in [0.2, 0.25) is 0 Å². The minimum Gasteiger partial charge on any atom is -0.481 e. The second kappa shape index (κ2) is 12.2. The van der Waals surface area contributed by atoms with Gasteiger partial charge in [-0.3, -0.25) is 28.6 Å². The number of amides is 1. The largest absolute Gasteiger partial charge is 0.481 e. The minimum absolute atomic E-state index is 0.0988. The van der Waals surface area contributed by atoms with Crippen LogP contribution >= 0.6 is 24.0 Å². The van der Waals surface area contributed by atoms with Crippen LogP contribution in [0.3, 0.4) is 0 Å². The van der Waals surface area contributed by atoms with E-state index in [2.05, 4.69) is 9.80 Å². The number of nitrogens with zero attached hydrogens (tertiary/aromatic N) is 5. The number of aliphatic hydroxyl groups is 1. The number of aliphatic hydroxyl groups excluding tert-OH is 1. The molecule has 4 heterocycles. The molecule has 2 aromatic heterocycles. The third kappa shape index (κ3) is 6.38. The van der Waals surface area contributed by atoms with Gasteiger partial charge in [-0.1, -0.05) is 36.5 Å². The van der Waals surface area contributed by atoms with E-state index in [9.17, 15) is 19.5 Å². The summed E-state index contributed by atoms with van der Waals surface area (Å²) in [6.07, 6.45) is 5.35. The predicted molar refractivity (Wildman–Crippen MR) is 148 cm³/mol. The summed E-state index contributed by atoms with van der Waals surface area (Å²) in [5, 5.41) is 18.1. The van der Waals surface area contributed by atoms with Gasteiger partial charge in [0.05, 0.1) is 17.1 Å². The Hall–Kier alpha value is -2.80. The summed E-state index contributed by atoms with van der Waals surface area (Å²) in [6, 6.07) is 3.72. The van der Waals surface area contributed by atoms with Crippen LogP contribution in [0.2, 0.25) is 0 Å². The fraction of sp³-hybridized carbons (Fsp3) is 0.480. The second-order valence-electron chi connectivity index (χ2n) is 9.18. The molecule has 0 radical (unpaired) electrons. The summed E-state index contributed by atoms with van der Waals surface area (Å²) in [6.45, 7) is 5.78. The molecule has 1 amide bonds. The number of thiocarbonyl (C=S) groups is 1. The number of anilines is 1. The van der Waals surface area contributed by atoms with Crippen molar-refractivity contribution >= 4 is 57.7 Å². The number of unbranched alkanes of at least 4 members (excludes halogenated alkanes) is 2. The van der Waals surface area contributed by atoms with E-state index in [1.807, 2.05) is 19.1 Å². The highest BCUT2D eigenvalue weighted by Gasteiger charge is 2.33. The number of β-amino-alcohol motifs (C(OH)–C–C–N with tert-alkyl or cyclic N) is 1. The normalized spacial score (nSPS) is 17.9. The first-order valence-electron chi connectivity index (χ1n) is 12.4. The Labute approximate surface area is 224 Å². The Morgan fingerprint density at radius 2 is 1.89 bits per heavy atom. The molecule has 2 saturated heterocycles. The van der Waals surface area contributed by atoms with Crippen LogP contribution in [0.25, 0.3) is 11.7 Å². The number of carboxylic acids is 1. The maximum atomic E-state index is 13.7. The lowest BCUT2D eigenvalue weighted by atomic mass is 10.2. The molecule has 0 spiro atoms. The molecule has 0 unspecified atom stereocenters. The van der Waals surface area contributed by atoms with Gasteiger partial charge in [0.1, 0.15) is 15.8 Å². The monoisotopic (exact) mass is 545 g/mol. The van der Waals surface area contributed by atoms with Gasteiger partial charge >= 0.3 is 5.97 Å². The molecule has 198 valence electrons. The van der Waals surface area contributed by atoms with Gasteiger partial charge in [-0.05, 0) is 37.5 Å². The number of hydrogen-bond donors (Lipinski definition) is 2. The van der Waals surface area contributed by atoms with Crippen LogP contribution in [0, 0.1) is 6.92 Å². The summed E-state index contributed by atoms with van der Waals surface area (Å²) in [4.78, 5) is 48.5. The van der Waals surface area contributed by atoms with Crippen LogP contribution < -0.4 is 10.5 Å². The summed E-state index contributed by atoms with van der Waals surface area (Å²) in [5.74, 6) is -0.540. The zero-order valence-electron chi connectivity index (χ0n) is 20.8. The van der Waals surface area contributed by atoms with E-state index in [0.717, 1.165) is 18.7 Å². The van der Waals surface area contributed by atoms with Crippen LogP contribution in [-0.2, 0) is 9.59 Å². The number of hydrogen-bond acceptors (Lipinski definition) is 9. The van der Waals surface area contributed by atoms with Gasteiger partial charge in [-0.25, -0.2) is 4.98 Å². The number of carboxylic acid groups (broad SMARTS) is 1. The van der Waals surface area contributed by atoms with E-state index in [1.54, 1.807) is 12.3 Å². The number of rotatable bonds is 10. The number of aliphatic carboxylic acids is 1. The molecule has 2 aliphatic rings. The lowest BCUT2D eigenvalue weighted by Crippen LogP contribution is -2.48. The number of carbonyl (C=O) groups excluding carboxylic acids is 1. The van der Waals surface area contributed by atoms with E-state index in [4.69, 9.17) is 22.3 Å². The molecule has 4 rings (SSSR count). The van der Waals surface area contributed by atoms with Crippen molar-refractivity contribution in [1.82, 2.24) is 19.2 Å². The number of aromatic nitrogens is 2. The smallest absolute Gasteiger partial charge is 0.303 e. The maximum Gasteiger partial charge on any atom is 0.303 e. The Morgan fingerprint density at radius 3 is 2.59 bits per heavy atom. The van der Waals surface area contributed by atoms with Crippen molar-refractivity contribution in [2.45, 2.75) is 32.6 Å². The molecule has 10 nitrogen and oxygen atoms in total. The van der Waals surface area contributed by atoms with Gasteiger partial charge in [-0.2, -0.15) is 0 Å². The van der Waals surface area contributed by atoms with Crippen molar-refractivity contribution < 1.29 is 19.8 Å². The highest BCUT2D eigenvalue weighted by molar-refractivity contribution is 8.26. The lowest BCUT2D eigenvalue weighted by molar-refractivity contribution is -0.137. The van der Waals surface area contributed by atoms with Crippen LogP contribution in [0.1, 0.15) is 36.8 Å². The predicted octanol–water partition coefficient (Wildman–Crippen LogP) is 1.96. The molecule has 0 aliphatic carbocycles. The van der Waals surface area contributed by atoms with Crippen molar-refractivity contribution in [2.75, 3.05) is 50.8 Å². The molecule has 2 aromatic rings. The van der Waals surface area contributed by atoms with Crippen LogP contribution in [0.4, 0.5) is 5.82 Å². The zero-order valence-corrected chi connectivity index (χ0v) is 22.4. The van der Waals surface area contributed by atoms with Crippen molar-refractivity contribution in [3.05, 3.63) is 44.7 Å². The molecule has 12 heteroatoms.